The van der Waals surface area contributed by atoms with Crippen molar-refractivity contribution in [3.8, 4) is 0 Å². The van der Waals surface area contributed by atoms with Crippen LogP contribution in [0, 0.1) is 0 Å². The van der Waals surface area contributed by atoms with Crippen LogP contribution in [0.15, 0.2) is 24.3 Å². The van der Waals surface area contributed by atoms with Crippen LogP contribution >= 0.6 is 0 Å². The first-order chi connectivity index (χ1) is 9.85. The Hall–Kier alpha value is -0.860. The van der Waals surface area contributed by atoms with Crippen LogP contribution in [0.2, 0.25) is 0 Å². The van der Waals surface area contributed by atoms with Crippen molar-refractivity contribution in [3.63, 3.8) is 0 Å². The molecule has 1 aliphatic heterocycles. The predicted molar refractivity (Wildman–Crippen MR) is 84.8 cm³/mol. The lowest BCUT2D eigenvalue weighted by molar-refractivity contribution is 0.0945. The average Bonchev–Trinajstić information content (AvgIpc) is 3.34. The van der Waals surface area contributed by atoms with Gasteiger partial charge in [-0.05, 0) is 55.7 Å². The highest BCUT2D eigenvalue weighted by molar-refractivity contribution is 5.36. The van der Waals surface area contributed by atoms with E-state index >= 15 is 0 Å². The van der Waals surface area contributed by atoms with Crippen LogP contribution in [0.3, 0.4) is 0 Å². The van der Waals surface area contributed by atoms with Gasteiger partial charge in [0.15, 0.2) is 0 Å². The van der Waals surface area contributed by atoms with Gasteiger partial charge in [-0.25, -0.2) is 0 Å². The highest BCUT2D eigenvalue weighted by Crippen LogP contribution is 2.44. The number of rotatable bonds is 5. The van der Waals surface area contributed by atoms with Gasteiger partial charge < -0.3 is 5.73 Å². The van der Waals surface area contributed by atoms with Crippen molar-refractivity contribution < 1.29 is 0 Å². The third-order valence-corrected chi connectivity index (χ3v) is 5.14. The second-order valence-electron chi connectivity index (χ2n) is 6.45. The first-order valence-electron chi connectivity index (χ1n) is 8.39. The number of piperidine rings is 1. The van der Waals surface area contributed by atoms with Crippen molar-refractivity contribution in [2.75, 3.05) is 13.1 Å². The predicted octanol–water partition coefficient (Wildman–Crippen LogP) is 3.83. The molecule has 1 aromatic carbocycles. The van der Waals surface area contributed by atoms with Gasteiger partial charge in [0.1, 0.15) is 0 Å². The Balaban J connectivity index is 1.88. The second kappa shape index (κ2) is 6.28. The van der Waals surface area contributed by atoms with Gasteiger partial charge in [-0.3, -0.25) is 4.90 Å². The van der Waals surface area contributed by atoms with Crippen molar-refractivity contribution in [1.29, 1.82) is 0 Å². The minimum Gasteiger partial charge on any atom is -0.329 e. The summed E-state index contributed by atoms with van der Waals surface area (Å²) >= 11 is 0. The van der Waals surface area contributed by atoms with Gasteiger partial charge in [-0.1, -0.05) is 37.6 Å². The Morgan fingerprint density at radius 1 is 1.20 bits per heavy atom. The average molecular weight is 272 g/mol. The molecule has 0 amide bonds. The molecule has 1 heterocycles. The summed E-state index contributed by atoms with van der Waals surface area (Å²) in [6, 6.07) is 10.2. The molecule has 0 bridgehead atoms. The SMILES string of the molecule is CCC1CCCCN1C(CN)c1ccccc1C1CC1. The molecule has 1 aliphatic carbocycles. The minimum absolute atomic E-state index is 0.428. The van der Waals surface area contributed by atoms with E-state index in [4.69, 9.17) is 5.73 Å². The van der Waals surface area contributed by atoms with Crippen LogP contribution in [0.1, 0.15) is 68.5 Å². The van der Waals surface area contributed by atoms with E-state index < -0.39 is 0 Å². The van der Waals surface area contributed by atoms with Crippen LogP contribution in [0.5, 0.6) is 0 Å². The molecule has 2 aliphatic rings. The molecule has 2 atom stereocenters. The van der Waals surface area contributed by atoms with E-state index in [-0.39, 0.29) is 0 Å². The first kappa shape index (κ1) is 14.1. The van der Waals surface area contributed by atoms with Crippen LogP contribution in [-0.4, -0.2) is 24.0 Å². The summed E-state index contributed by atoms with van der Waals surface area (Å²) in [4.78, 5) is 2.70. The number of benzene rings is 1. The Labute approximate surface area is 123 Å². The lowest BCUT2D eigenvalue weighted by Gasteiger charge is -2.41. The molecule has 20 heavy (non-hydrogen) atoms. The maximum atomic E-state index is 6.20. The minimum atomic E-state index is 0.428. The summed E-state index contributed by atoms with van der Waals surface area (Å²) < 4.78 is 0. The van der Waals surface area contributed by atoms with Gasteiger partial charge in [-0.2, -0.15) is 0 Å². The molecular weight excluding hydrogens is 244 g/mol. The largest absolute Gasteiger partial charge is 0.329 e. The van der Waals surface area contributed by atoms with Gasteiger partial charge in [0.25, 0.3) is 0 Å². The van der Waals surface area contributed by atoms with Crippen LogP contribution in [0.4, 0.5) is 0 Å². The maximum Gasteiger partial charge on any atom is 0.0476 e. The zero-order valence-electron chi connectivity index (χ0n) is 12.7. The van der Waals surface area contributed by atoms with Gasteiger partial charge in [0, 0.05) is 18.6 Å². The molecule has 2 fully saturated rings. The van der Waals surface area contributed by atoms with E-state index in [0.717, 1.165) is 18.5 Å². The summed E-state index contributed by atoms with van der Waals surface area (Å²) in [7, 11) is 0. The maximum absolute atomic E-state index is 6.20. The van der Waals surface area contributed by atoms with E-state index in [0.29, 0.717) is 6.04 Å². The number of likely N-dealkylation sites (tertiary alicyclic amines) is 1. The summed E-state index contributed by atoms with van der Waals surface area (Å²) in [6.45, 7) is 4.29. The smallest absolute Gasteiger partial charge is 0.0476 e. The standard InChI is InChI=1S/C18H28N2/c1-2-15-7-5-6-12-20(15)18(13-19)17-9-4-3-8-16(17)14-10-11-14/h3-4,8-9,14-15,18H,2,5-7,10-13,19H2,1H3. The van der Waals surface area contributed by atoms with Crippen LogP contribution in [-0.2, 0) is 0 Å². The Bertz CT molecular complexity index is 439. The second-order valence-corrected chi connectivity index (χ2v) is 6.45. The van der Waals surface area contributed by atoms with Gasteiger partial charge in [0.05, 0.1) is 0 Å². The molecule has 0 radical (unpaired) electrons. The van der Waals surface area contributed by atoms with Gasteiger partial charge in [0.2, 0.25) is 0 Å². The lowest BCUT2D eigenvalue weighted by Crippen LogP contribution is -2.44. The molecule has 2 unspecified atom stereocenters. The van der Waals surface area contributed by atoms with Crippen molar-refractivity contribution in [1.82, 2.24) is 4.90 Å². The number of hydrogen-bond donors (Lipinski definition) is 1. The van der Waals surface area contributed by atoms with Crippen LogP contribution in [0.25, 0.3) is 0 Å². The topological polar surface area (TPSA) is 29.3 Å². The first-order valence-corrected chi connectivity index (χ1v) is 8.39. The fraction of sp³-hybridized carbons (Fsp3) is 0.667. The monoisotopic (exact) mass is 272 g/mol. The van der Waals surface area contributed by atoms with E-state index in [1.54, 1.807) is 5.56 Å². The summed E-state index contributed by atoms with van der Waals surface area (Å²) in [5.41, 5.74) is 9.28. The fourth-order valence-corrected chi connectivity index (χ4v) is 3.89. The molecule has 2 N–H and O–H groups in total. The highest BCUT2D eigenvalue weighted by atomic mass is 15.2. The zero-order valence-corrected chi connectivity index (χ0v) is 12.7. The molecule has 0 aromatic heterocycles. The number of nitrogens with two attached hydrogens (primary N) is 1. The Kier molecular flexibility index (Phi) is 4.42. The molecule has 110 valence electrons. The highest BCUT2D eigenvalue weighted by Gasteiger charge is 2.32. The molecule has 1 aromatic rings. The summed E-state index contributed by atoms with van der Waals surface area (Å²) in [6.07, 6.45) is 8.05. The molecule has 1 saturated carbocycles. The van der Waals surface area contributed by atoms with Gasteiger partial charge in [-0.15, -0.1) is 0 Å². The summed E-state index contributed by atoms with van der Waals surface area (Å²) in [5, 5.41) is 0. The molecular formula is C18H28N2. The molecule has 3 rings (SSSR count). The molecule has 1 saturated heterocycles. The third kappa shape index (κ3) is 2.77. The molecule has 0 spiro atoms. The molecule has 2 heteroatoms. The zero-order chi connectivity index (χ0) is 13.9. The Morgan fingerprint density at radius 3 is 2.70 bits per heavy atom. The van der Waals surface area contributed by atoms with Crippen molar-refractivity contribution >= 4 is 0 Å². The normalized spacial score (nSPS) is 25.6. The Morgan fingerprint density at radius 2 is 2.00 bits per heavy atom. The quantitative estimate of drug-likeness (QED) is 0.882. The summed E-state index contributed by atoms with van der Waals surface area (Å²) in [5.74, 6) is 0.810. The van der Waals surface area contributed by atoms with Crippen LogP contribution < -0.4 is 5.73 Å². The van der Waals surface area contributed by atoms with Crippen molar-refractivity contribution in [2.24, 2.45) is 5.73 Å². The molecule has 2 nitrogen and oxygen atoms in total. The van der Waals surface area contributed by atoms with E-state index in [1.165, 1.54) is 50.6 Å². The lowest BCUT2D eigenvalue weighted by atomic mass is 9.91. The third-order valence-electron chi connectivity index (χ3n) is 5.14. The number of hydrogen-bond acceptors (Lipinski definition) is 2. The number of nitrogens with zero attached hydrogens (tertiary/aromatic N) is 1. The van der Waals surface area contributed by atoms with E-state index in [2.05, 4.69) is 36.1 Å². The van der Waals surface area contributed by atoms with Crippen molar-refractivity contribution in [2.45, 2.75) is 63.5 Å². The fourth-order valence-electron chi connectivity index (χ4n) is 3.89. The van der Waals surface area contributed by atoms with E-state index in [9.17, 15) is 0 Å². The van der Waals surface area contributed by atoms with E-state index in [1.807, 2.05) is 0 Å². The van der Waals surface area contributed by atoms with Gasteiger partial charge >= 0.3 is 0 Å². The van der Waals surface area contributed by atoms with Crippen molar-refractivity contribution in [3.05, 3.63) is 35.4 Å².